The molecule has 0 heterocycles. The van der Waals surface area contributed by atoms with Crippen molar-refractivity contribution < 1.29 is 23.0 Å². The fraction of sp³-hybridized carbons (Fsp3) is 0.364. The minimum absolute atomic E-state index is 0.117. The lowest BCUT2D eigenvalue weighted by Crippen LogP contribution is -2.12. The number of carbonyl (C=O) groups excluding carboxylic acids is 1. The number of benzene rings is 1. The van der Waals surface area contributed by atoms with Gasteiger partial charge in [-0.3, -0.25) is 0 Å². The number of anilines is 1. The first-order valence-corrected chi connectivity index (χ1v) is 5.02. The van der Waals surface area contributed by atoms with Crippen molar-refractivity contribution in [2.45, 2.75) is 13.3 Å². The molecule has 94 valence electrons. The van der Waals surface area contributed by atoms with Crippen LogP contribution in [0, 0.1) is 0 Å². The van der Waals surface area contributed by atoms with Crippen LogP contribution >= 0.6 is 0 Å². The average Bonchev–Trinajstić information content (AvgIpc) is 2.28. The third-order valence-corrected chi connectivity index (χ3v) is 1.89. The van der Waals surface area contributed by atoms with Crippen LogP contribution < -0.4 is 10.5 Å². The molecule has 0 saturated carbocycles. The summed E-state index contributed by atoms with van der Waals surface area (Å²) in [6, 6.07) is 4.24. The highest BCUT2D eigenvalue weighted by Gasteiger charge is 2.12. The van der Waals surface area contributed by atoms with Crippen molar-refractivity contribution >= 4 is 11.7 Å². The van der Waals surface area contributed by atoms with Gasteiger partial charge in [-0.25, -0.2) is 13.6 Å². The maximum absolute atomic E-state index is 11.8. The molecular weight excluding hydrogens is 232 g/mol. The molecule has 0 spiro atoms. The molecule has 0 unspecified atom stereocenters. The number of halogens is 2. The van der Waals surface area contributed by atoms with Gasteiger partial charge in [0.15, 0.2) is 6.61 Å². The summed E-state index contributed by atoms with van der Waals surface area (Å²) < 4.78 is 33.2. The summed E-state index contributed by atoms with van der Waals surface area (Å²) in [5.74, 6) is -0.391. The van der Waals surface area contributed by atoms with E-state index < -0.39 is 19.0 Å². The summed E-state index contributed by atoms with van der Waals surface area (Å²) in [5.41, 5.74) is 6.00. The van der Waals surface area contributed by atoms with Crippen molar-refractivity contribution in [3.63, 3.8) is 0 Å². The number of rotatable bonds is 5. The summed E-state index contributed by atoms with van der Waals surface area (Å²) in [5, 5.41) is 0. The quantitative estimate of drug-likeness (QED) is 0.637. The predicted molar refractivity (Wildman–Crippen MR) is 58.3 cm³/mol. The zero-order chi connectivity index (χ0) is 12.8. The second-order valence-corrected chi connectivity index (χ2v) is 3.18. The summed E-state index contributed by atoms with van der Waals surface area (Å²) >= 11 is 0. The van der Waals surface area contributed by atoms with Crippen LogP contribution in [0.5, 0.6) is 5.75 Å². The van der Waals surface area contributed by atoms with E-state index in [1.165, 1.54) is 18.2 Å². The van der Waals surface area contributed by atoms with Gasteiger partial charge in [-0.15, -0.1) is 0 Å². The van der Waals surface area contributed by atoms with E-state index in [1.807, 2.05) is 0 Å². The Bertz CT molecular complexity index is 396. The average molecular weight is 245 g/mol. The Balaban J connectivity index is 2.72. The molecule has 0 fully saturated rings. The lowest BCUT2D eigenvalue weighted by atomic mass is 10.2. The SMILES string of the molecule is CCOc1ccc(C(=O)OCC(F)F)cc1N. The van der Waals surface area contributed by atoms with Crippen molar-refractivity contribution in [1.82, 2.24) is 0 Å². The Kier molecular flexibility index (Phi) is 4.68. The lowest BCUT2D eigenvalue weighted by molar-refractivity contribution is 0.0160. The summed E-state index contributed by atoms with van der Waals surface area (Å²) in [4.78, 5) is 11.3. The molecule has 4 nitrogen and oxygen atoms in total. The monoisotopic (exact) mass is 245 g/mol. The molecule has 0 atom stereocenters. The molecule has 2 N–H and O–H groups in total. The Hall–Kier alpha value is -1.85. The molecule has 0 radical (unpaired) electrons. The molecule has 1 aromatic rings. The topological polar surface area (TPSA) is 61.5 Å². The molecule has 0 aliphatic heterocycles. The number of nitrogens with two attached hydrogens (primary N) is 1. The van der Waals surface area contributed by atoms with E-state index in [9.17, 15) is 13.6 Å². The fourth-order valence-electron chi connectivity index (χ4n) is 1.18. The standard InChI is InChI=1S/C11H13F2NO3/c1-2-16-9-4-3-7(5-8(9)14)11(15)17-6-10(12)13/h3-5,10H,2,6,14H2,1H3. The second kappa shape index (κ2) is 6.03. The van der Waals surface area contributed by atoms with Gasteiger partial charge in [0.05, 0.1) is 17.9 Å². The van der Waals surface area contributed by atoms with E-state index in [1.54, 1.807) is 6.92 Å². The third kappa shape index (κ3) is 3.90. The van der Waals surface area contributed by atoms with Crippen molar-refractivity contribution in [1.29, 1.82) is 0 Å². The zero-order valence-corrected chi connectivity index (χ0v) is 9.28. The van der Waals surface area contributed by atoms with Gasteiger partial charge < -0.3 is 15.2 Å². The Labute approximate surface area is 97.3 Å². The van der Waals surface area contributed by atoms with Crippen LogP contribution in [-0.2, 0) is 4.74 Å². The summed E-state index contributed by atoms with van der Waals surface area (Å²) in [7, 11) is 0. The van der Waals surface area contributed by atoms with E-state index >= 15 is 0 Å². The molecule has 0 aromatic heterocycles. The molecule has 0 aliphatic rings. The number of hydrogen-bond acceptors (Lipinski definition) is 4. The molecular formula is C11H13F2NO3. The number of ether oxygens (including phenoxy) is 2. The normalized spacial score (nSPS) is 10.4. The Morgan fingerprint density at radius 2 is 2.18 bits per heavy atom. The molecule has 6 heteroatoms. The van der Waals surface area contributed by atoms with Crippen LogP contribution in [0.3, 0.4) is 0 Å². The van der Waals surface area contributed by atoms with Crippen LogP contribution in [0.15, 0.2) is 18.2 Å². The van der Waals surface area contributed by atoms with E-state index in [0.717, 1.165) is 0 Å². The van der Waals surface area contributed by atoms with Crippen LogP contribution in [0.1, 0.15) is 17.3 Å². The number of alkyl halides is 2. The van der Waals surface area contributed by atoms with Crippen LogP contribution in [0.25, 0.3) is 0 Å². The highest BCUT2D eigenvalue weighted by molar-refractivity contribution is 5.91. The molecule has 0 saturated heterocycles. The molecule has 1 rings (SSSR count). The van der Waals surface area contributed by atoms with Crippen LogP contribution in [-0.4, -0.2) is 25.6 Å². The fourth-order valence-corrected chi connectivity index (χ4v) is 1.18. The van der Waals surface area contributed by atoms with Gasteiger partial charge in [-0.1, -0.05) is 0 Å². The van der Waals surface area contributed by atoms with Crippen LogP contribution in [0.2, 0.25) is 0 Å². The van der Waals surface area contributed by atoms with Gasteiger partial charge >= 0.3 is 5.97 Å². The molecule has 0 bridgehead atoms. The third-order valence-electron chi connectivity index (χ3n) is 1.89. The lowest BCUT2D eigenvalue weighted by Gasteiger charge is -2.08. The number of nitrogen functional groups attached to an aromatic ring is 1. The van der Waals surface area contributed by atoms with Crippen molar-refractivity contribution in [3.8, 4) is 5.75 Å². The number of carbonyl (C=O) groups is 1. The van der Waals surface area contributed by atoms with Crippen molar-refractivity contribution in [2.24, 2.45) is 0 Å². The van der Waals surface area contributed by atoms with Crippen molar-refractivity contribution in [2.75, 3.05) is 18.9 Å². The molecule has 0 amide bonds. The van der Waals surface area contributed by atoms with Gasteiger partial charge in [0, 0.05) is 0 Å². The first-order chi connectivity index (χ1) is 8.04. The maximum Gasteiger partial charge on any atom is 0.338 e. The van der Waals surface area contributed by atoms with Gasteiger partial charge in [0.1, 0.15) is 5.75 Å². The van der Waals surface area contributed by atoms with E-state index in [2.05, 4.69) is 4.74 Å². The van der Waals surface area contributed by atoms with Crippen LogP contribution in [0.4, 0.5) is 14.5 Å². The van der Waals surface area contributed by atoms with Crippen molar-refractivity contribution in [3.05, 3.63) is 23.8 Å². The predicted octanol–water partition coefficient (Wildman–Crippen LogP) is 2.09. The molecule has 1 aromatic carbocycles. The smallest absolute Gasteiger partial charge is 0.338 e. The van der Waals surface area contributed by atoms with E-state index in [0.29, 0.717) is 12.4 Å². The molecule has 17 heavy (non-hydrogen) atoms. The Morgan fingerprint density at radius 1 is 1.47 bits per heavy atom. The van der Waals surface area contributed by atoms with E-state index in [4.69, 9.17) is 10.5 Å². The zero-order valence-electron chi connectivity index (χ0n) is 9.28. The summed E-state index contributed by atoms with van der Waals surface area (Å²) in [6.07, 6.45) is -2.68. The van der Waals surface area contributed by atoms with E-state index in [-0.39, 0.29) is 11.3 Å². The maximum atomic E-state index is 11.8. The highest BCUT2D eigenvalue weighted by Crippen LogP contribution is 2.22. The minimum Gasteiger partial charge on any atom is -0.492 e. The highest BCUT2D eigenvalue weighted by atomic mass is 19.3. The minimum atomic E-state index is -2.68. The second-order valence-electron chi connectivity index (χ2n) is 3.18. The van der Waals surface area contributed by atoms with Gasteiger partial charge in [-0.2, -0.15) is 0 Å². The first-order valence-electron chi connectivity index (χ1n) is 5.02. The van der Waals surface area contributed by atoms with Gasteiger partial charge in [-0.05, 0) is 25.1 Å². The summed E-state index contributed by atoms with van der Waals surface area (Å²) in [6.45, 7) is 1.32. The van der Waals surface area contributed by atoms with Gasteiger partial charge in [0.2, 0.25) is 0 Å². The number of hydrogen-bond donors (Lipinski definition) is 1. The Morgan fingerprint density at radius 3 is 2.71 bits per heavy atom. The largest absolute Gasteiger partial charge is 0.492 e. The number of esters is 1. The molecule has 0 aliphatic carbocycles. The first kappa shape index (κ1) is 13.2. The van der Waals surface area contributed by atoms with Gasteiger partial charge in [0.25, 0.3) is 6.43 Å².